The lowest BCUT2D eigenvalue weighted by molar-refractivity contribution is -0.138. The van der Waals surface area contributed by atoms with Crippen molar-refractivity contribution in [3.63, 3.8) is 0 Å². The molecule has 1 saturated carbocycles. The first-order valence-electron chi connectivity index (χ1n) is 6.54. The molecule has 2 N–H and O–H groups in total. The average Bonchev–Trinajstić information content (AvgIpc) is 3.08. The Morgan fingerprint density at radius 2 is 2.11 bits per heavy atom. The number of nitrogens with one attached hydrogen (secondary N) is 1. The van der Waals surface area contributed by atoms with Gasteiger partial charge in [0.05, 0.1) is 12.0 Å². The Kier molecular flexibility index (Phi) is 2.89. The van der Waals surface area contributed by atoms with Crippen LogP contribution in [0.5, 0.6) is 0 Å². The first kappa shape index (κ1) is 11.8. The molecule has 3 aliphatic rings. The average molecular weight is 254 g/mol. The number of carboxylic acid groups (broad SMARTS) is 1. The Bertz CT molecular complexity index is 367. The first-order valence-corrected chi connectivity index (χ1v) is 6.54. The van der Waals surface area contributed by atoms with Crippen molar-refractivity contribution in [1.29, 1.82) is 0 Å². The molecule has 0 aromatic rings. The molecule has 0 radical (unpaired) electrons. The highest BCUT2D eigenvalue weighted by atomic mass is 16.5. The molecule has 6 nitrogen and oxygen atoms in total. The Morgan fingerprint density at radius 1 is 1.39 bits per heavy atom. The third-order valence-corrected chi connectivity index (χ3v) is 4.27. The summed E-state index contributed by atoms with van der Waals surface area (Å²) in [4.78, 5) is 24.4. The molecule has 1 aliphatic carbocycles. The second-order valence-corrected chi connectivity index (χ2v) is 5.41. The summed E-state index contributed by atoms with van der Waals surface area (Å²) in [6, 6.07) is -0.0240. The molecule has 3 fully saturated rings. The summed E-state index contributed by atoms with van der Waals surface area (Å²) in [5.41, 5.74) is 0. The van der Waals surface area contributed by atoms with Crippen molar-refractivity contribution in [2.75, 3.05) is 19.8 Å². The fourth-order valence-corrected chi connectivity index (χ4v) is 3.04. The molecular weight excluding hydrogens is 236 g/mol. The van der Waals surface area contributed by atoms with E-state index in [2.05, 4.69) is 5.32 Å². The van der Waals surface area contributed by atoms with Crippen LogP contribution in [0.15, 0.2) is 0 Å². The van der Waals surface area contributed by atoms with Gasteiger partial charge in [-0.1, -0.05) is 0 Å². The van der Waals surface area contributed by atoms with E-state index in [1.54, 1.807) is 4.90 Å². The zero-order valence-corrected chi connectivity index (χ0v) is 10.2. The molecule has 2 saturated heterocycles. The van der Waals surface area contributed by atoms with Gasteiger partial charge in [0, 0.05) is 25.8 Å². The number of ether oxygens (including phenoxy) is 1. The number of urea groups is 1. The number of rotatable bonds is 3. The molecule has 0 bridgehead atoms. The minimum atomic E-state index is -0.790. The molecule has 100 valence electrons. The van der Waals surface area contributed by atoms with Gasteiger partial charge >= 0.3 is 12.0 Å². The molecule has 3 atom stereocenters. The van der Waals surface area contributed by atoms with Crippen LogP contribution in [0, 0.1) is 11.8 Å². The van der Waals surface area contributed by atoms with Crippen LogP contribution in [-0.4, -0.2) is 53.8 Å². The SMILES string of the molecule is O=C(O)C1CC1N1CC(C2CCOCC2)NC1=O. The van der Waals surface area contributed by atoms with Gasteiger partial charge in [-0.25, -0.2) is 4.79 Å². The molecule has 0 aromatic carbocycles. The van der Waals surface area contributed by atoms with Crippen LogP contribution < -0.4 is 5.32 Å². The summed E-state index contributed by atoms with van der Waals surface area (Å²) in [7, 11) is 0. The minimum Gasteiger partial charge on any atom is -0.481 e. The molecule has 2 heterocycles. The Morgan fingerprint density at radius 3 is 2.72 bits per heavy atom. The molecule has 2 aliphatic heterocycles. The quantitative estimate of drug-likeness (QED) is 0.758. The van der Waals surface area contributed by atoms with Crippen molar-refractivity contribution in [2.45, 2.75) is 31.3 Å². The number of hydrogen-bond donors (Lipinski definition) is 2. The van der Waals surface area contributed by atoms with Crippen LogP contribution >= 0.6 is 0 Å². The lowest BCUT2D eigenvalue weighted by atomic mass is 9.92. The van der Waals surface area contributed by atoms with E-state index in [4.69, 9.17) is 9.84 Å². The third-order valence-electron chi connectivity index (χ3n) is 4.27. The molecule has 3 unspecified atom stereocenters. The van der Waals surface area contributed by atoms with E-state index in [0.717, 1.165) is 26.1 Å². The van der Waals surface area contributed by atoms with Gasteiger partial charge in [-0.2, -0.15) is 0 Å². The van der Waals surface area contributed by atoms with Gasteiger partial charge in [-0.05, 0) is 25.2 Å². The van der Waals surface area contributed by atoms with E-state index in [-0.39, 0.29) is 24.0 Å². The predicted octanol–water partition coefficient (Wildman–Crippen LogP) is 0.280. The lowest BCUT2D eigenvalue weighted by Gasteiger charge is -2.26. The minimum absolute atomic E-state index is 0.0904. The van der Waals surface area contributed by atoms with Gasteiger partial charge in [-0.3, -0.25) is 4.79 Å². The molecular formula is C12H18N2O4. The number of carboxylic acids is 1. The molecule has 2 amide bonds. The summed E-state index contributed by atoms with van der Waals surface area (Å²) >= 11 is 0. The first-order chi connectivity index (χ1) is 8.66. The zero-order chi connectivity index (χ0) is 12.7. The fraction of sp³-hybridized carbons (Fsp3) is 0.833. The van der Waals surface area contributed by atoms with Crippen LogP contribution in [0.1, 0.15) is 19.3 Å². The van der Waals surface area contributed by atoms with Crippen LogP contribution in [-0.2, 0) is 9.53 Å². The maximum atomic E-state index is 11.9. The van der Waals surface area contributed by atoms with Gasteiger partial charge < -0.3 is 20.1 Å². The van der Waals surface area contributed by atoms with Crippen molar-refractivity contribution in [2.24, 2.45) is 11.8 Å². The second kappa shape index (κ2) is 4.42. The number of nitrogens with zero attached hydrogens (tertiary/aromatic N) is 1. The Hall–Kier alpha value is -1.30. The van der Waals surface area contributed by atoms with Crippen LogP contribution in [0.4, 0.5) is 4.79 Å². The van der Waals surface area contributed by atoms with E-state index >= 15 is 0 Å². The molecule has 0 aromatic heterocycles. The number of amides is 2. The smallest absolute Gasteiger partial charge is 0.318 e. The van der Waals surface area contributed by atoms with E-state index < -0.39 is 5.97 Å². The number of hydrogen-bond acceptors (Lipinski definition) is 3. The topological polar surface area (TPSA) is 78.9 Å². The highest BCUT2D eigenvalue weighted by molar-refractivity contribution is 5.81. The van der Waals surface area contributed by atoms with Gasteiger partial charge in [0.2, 0.25) is 0 Å². The Labute approximate surface area is 105 Å². The molecule has 18 heavy (non-hydrogen) atoms. The van der Waals surface area contributed by atoms with Gasteiger partial charge in [0.1, 0.15) is 0 Å². The number of carbonyl (C=O) groups is 2. The standard InChI is InChI=1S/C12H18N2O4/c15-11(16)8-5-10(8)14-6-9(13-12(14)17)7-1-3-18-4-2-7/h7-10H,1-6H2,(H,13,17)(H,15,16). The monoisotopic (exact) mass is 254 g/mol. The zero-order valence-electron chi connectivity index (χ0n) is 10.2. The van der Waals surface area contributed by atoms with Crippen LogP contribution in [0.3, 0.4) is 0 Å². The second-order valence-electron chi connectivity index (χ2n) is 5.41. The van der Waals surface area contributed by atoms with Crippen molar-refractivity contribution < 1.29 is 19.4 Å². The van der Waals surface area contributed by atoms with E-state index in [1.807, 2.05) is 0 Å². The normalized spacial score (nSPS) is 36.6. The molecule has 0 spiro atoms. The highest BCUT2D eigenvalue weighted by Gasteiger charge is 2.52. The van der Waals surface area contributed by atoms with Crippen molar-refractivity contribution >= 4 is 12.0 Å². The van der Waals surface area contributed by atoms with Gasteiger partial charge in [-0.15, -0.1) is 0 Å². The largest absolute Gasteiger partial charge is 0.481 e. The van der Waals surface area contributed by atoms with Crippen LogP contribution in [0.2, 0.25) is 0 Å². The van der Waals surface area contributed by atoms with E-state index in [9.17, 15) is 9.59 Å². The predicted molar refractivity (Wildman–Crippen MR) is 62.1 cm³/mol. The summed E-state index contributed by atoms with van der Waals surface area (Å²) in [6.45, 7) is 2.17. The number of aliphatic carboxylic acids is 1. The summed E-state index contributed by atoms with van der Waals surface area (Å²) in [6.07, 6.45) is 2.56. The summed E-state index contributed by atoms with van der Waals surface area (Å²) in [5.74, 6) is -0.679. The van der Waals surface area contributed by atoms with E-state index in [1.165, 1.54) is 0 Å². The van der Waals surface area contributed by atoms with Crippen LogP contribution in [0.25, 0.3) is 0 Å². The van der Waals surface area contributed by atoms with Gasteiger partial charge in [0.25, 0.3) is 0 Å². The van der Waals surface area contributed by atoms with Crippen molar-refractivity contribution in [3.05, 3.63) is 0 Å². The molecule has 6 heteroatoms. The fourth-order valence-electron chi connectivity index (χ4n) is 3.04. The van der Waals surface area contributed by atoms with Crippen molar-refractivity contribution in [1.82, 2.24) is 10.2 Å². The van der Waals surface area contributed by atoms with E-state index in [0.29, 0.717) is 18.9 Å². The summed E-state index contributed by atoms with van der Waals surface area (Å²) in [5, 5.41) is 11.9. The lowest BCUT2D eigenvalue weighted by Crippen LogP contribution is -2.37. The maximum Gasteiger partial charge on any atom is 0.318 e. The maximum absolute atomic E-state index is 11.9. The summed E-state index contributed by atoms with van der Waals surface area (Å²) < 4.78 is 5.32. The molecule has 3 rings (SSSR count). The highest BCUT2D eigenvalue weighted by Crippen LogP contribution is 2.38. The third kappa shape index (κ3) is 2.05. The van der Waals surface area contributed by atoms with Crippen molar-refractivity contribution in [3.8, 4) is 0 Å². The van der Waals surface area contributed by atoms with Gasteiger partial charge in [0.15, 0.2) is 0 Å². The number of carbonyl (C=O) groups excluding carboxylic acids is 1. The Balaban J connectivity index is 1.59.